The van der Waals surface area contributed by atoms with Crippen molar-refractivity contribution in [2.24, 2.45) is 5.84 Å². The molecule has 0 aliphatic carbocycles. The molecule has 3 nitrogen and oxygen atoms in total. The summed E-state index contributed by atoms with van der Waals surface area (Å²) < 4.78 is 5.06. The molecule has 0 radical (unpaired) electrons. The summed E-state index contributed by atoms with van der Waals surface area (Å²) in [4.78, 5) is 0. The van der Waals surface area contributed by atoms with E-state index in [0.717, 1.165) is 19.7 Å². The van der Waals surface area contributed by atoms with Gasteiger partial charge in [-0.3, -0.25) is 5.84 Å². The minimum absolute atomic E-state index is 0.432. The van der Waals surface area contributed by atoms with Crippen LogP contribution in [-0.2, 0) is 4.74 Å². The van der Waals surface area contributed by atoms with Gasteiger partial charge in [-0.25, -0.2) is 5.01 Å². The zero-order valence-corrected chi connectivity index (χ0v) is 7.25. The smallest absolute Gasteiger partial charge is 0.0950 e. The molecule has 1 heterocycles. The van der Waals surface area contributed by atoms with E-state index < -0.39 is 0 Å². The first-order valence-corrected chi connectivity index (χ1v) is 4.44. The number of hydrazine groups is 1. The topological polar surface area (TPSA) is 41.8 Å². The Kier molecular flexibility index (Phi) is 3.83. The summed E-state index contributed by atoms with van der Waals surface area (Å²) in [5.74, 6) is 5.71. The highest BCUT2D eigenvalue weighted by Gasteiger charge is 2.23. The van der Waals surface area contributed by atoms with Crippen molar-refractivity contribution >= 4 is 0 Å². The summed E-state index contributed by atoms with van der Waals surface area (Å²) in [5, 5.41) is 1.87. The number of nitrogens with zero attached hydrogens (tertiary/aromatic N) is 1. The summed E-state index contributed by atoms with van der Waals surface area (Å²) in [6, 6.07) is 0. The lowest BCUT2D eigenvalue weighted by molar-refractivity contribution is 0.243. The minimum Gasteiger partial charge on any atom is -0.372 e. The van der Waals surface area contributed by atoms with E-state index in [1.165, 1.54) is 19.3 Å². The highest BCUT2D eigenvalue weighted by atomic mass is 16.6. The number of hydrogen-bond donors (Lipinski definition) is 1. The van der Waals surface area contributed by atoms with Gasteiger partial charge in [0.05, 0.1) is 12.7 Å². The second-order valence-electron chi connectivity index (χ2n) is 3.16. The molecule has 1 rings (SSSR count). The van der Waals surface area contributed by atoms with Crippen LogP contribution in [-0.4, -0.2) is 30.8 Å². The Hall–Kier alpha value is -0.120. The Bertz CT molecular complexity index is 104. The van der Waals surface area contributed by atoms with Gasteiger partial charge in [0, 0.05) is 13.1 Å². The van der Waals surface area contributed by atoms with Crippen LogP contribution in [0.4, 0.5) is 0 Å². The van der Waals surface area contributed by atoms with Gasteiger partial charge >= 0.3 is 0 Å². The number of ether oxygens (including phenoxy) is 1. The molecule has 66 valence electrons. The van der Waals surface area contributed by atoms with Crippen molar-refractivity contribution in [1.29, 1.82) is 0 Å². The second-order valence-corrected chi connectivity index (χ2v) is 3.16. The number of unbranched alkanes of at least 4 members (excludes halogenated alkanes) is 2. The van der Waals surface area contributed by atoms with Gasteiger partial charge in [0.1, 0.15) is 0 Å². The summed E-state index contributed by atoms with van der Waals surface area (Å²) in [6.07, 6.45) is 4.17. The summed E-state index contributed by atoms with van der Waals surface area (Å²) in [7, 11) is 0. The van der Waals surface area contributed by atoms with Crippen molar-refractivity contribution in [3.63, 3.8) is 0 Å². The van der Waals surface area contributed by atoms with E-state index in [0.29, 0.717) is 6.10 Å². The molecule has 1 unspecified atom stereocenters. The summed E-state index contributed by atoms with van der Waals surface area (Å²) >= 11 is 0. The number of epoxide rings is 1. The fraction of sp³-hybridized carbons (Fsp3) is 1.00. The highest BCUT2D eigenvalue weighted by Crippen LogP contribution is 2.09. The quantitative estimate of drug-likeness (QED) is 0.268. The third-order valence-corrected chi connectivity index (χ3v) is 1.89. The van der Waals surface area contributed by atoms with Crippen molar-refractivity contribution in [2.75, 3.05) is 19.7 Å². The maximum atomic E-state index is 5.71. The van der Waals surface area contributed by atoms with E-state index in [4.69, 9.17) is 10.6 Å². The third kappa shape index (κ3) is 4.35. The van der Waals surface area contributed by atoms with Crippen molar-refractivity contribution in [2.45, 2.75) is 32.3 Å². The molecule has 1 fully saturated rings. The molecule has 0 amide bonds. The minimum atomic E-state index is 0.432. The summed E-state index contributed by atoms with van der Waals surface area (Å²) in [6.45, 7) is 5.02. The average molecular weight is 158 g/mol. The number of nitrogens with two attached hydrogens (primary N) is 1. The molecule has 2 N–H and O–H groups in total. The molecular formula is C8H18N2O. The van der Waals surface area contributed by atoms with Gasteiger partial charge in [0.25, 0.3) is 0 Å². The van der Waals surface area contributed by atoms with Gasteiger partial charge in [-0.05, 0) is 6.42 Å². The number of hydrogen-bond acceptors (Lipinski definition) is 3. The lowest BCUT2D eigenvalue weighted by Gasteiger charge is -2.13. The van der Waals surface area contributed by atoms with Crippen molar-refractivity contribution in [3.8, 4) is 0 Å². The van der Waals surface area contributed by atoms with E-state index in [-0.39, 0.29) is 0 Å². The van der Waals surface area contributed by atoms with E-state index in [9.17, 15) is 0 Å². The molecule has 0 aromatic heterocycles. The average Bonchev–Trinajstić information content (AvgIpc) is 2.72. The van der Waals surface area contributed by atoms with Gasteiger partial charge < -0.3 is 4.74 Å². The van der Waals surface area contributed by atoms with Gasteiger partial charge in [0.15, 0.2) is 0 Å². The lowest BCUT2D eigenvalue weighted by atomic mass is 10.2. The first kappa shape index (κ1) is 8.97. The van der Waals surface area contributed by atoms with Crippen LogP contribution in [0.15, 0.2) is 0 Å². The first-order chi connectivity index (χ1) is 5.33. The standard InChI is InChI=1S/C8H18N2O/c1-2-3-4-5-10(9)6-8-7-11-8/h8H,2-7,9H2,1H3. The molecular weight excluding hydrogens is 140 g/mol. The lowest BCUT2D eigenvalue weighted by Crippen LogP contribution is -2.35. The van der Waals surface area contributed by atoms with Crippen LogP contribution in [0.3, 0.4) is 0 Å². The SMILES string of the molecule is CCCCCN(N)CC1CO1. The van der Waals surface area contributed by atoms with Crippen LogP contribution >= 0.6 is 0 Å². The predicted octanol–water partition coefficient (Wildman–Crippen LogP) is 0.751. The molecule has 1 atom stereocenters. The van der Waals surface area contributed by atoms with Gasteiger partial charge in [-0.15, -0.1) is 0 Å². The van der Waals surface area contributed by atoms with Crippen LogP contribution in [0.1, 0.15) is 26.2 Å². The fourth-order valence-electron chi connectivity index (χ4n) is 1.09. The zero-order chi connectivity index (χ0) is 8.10. The highest BCUT2D eigenvalue weighted by molar-refractivity contribution is 4.71. The van der Waals surface area contributed by atoms with E-state index >= 15 is 0 Å². The Balaban J connectivity index is 1.87. The van der Waals surface area contributed by atoms with Gasteiger partial charge in [-0.1, -0.05) is 19.8 Å². The first-order valence-electron chi connectivity index (χ1n) is 4.44. The molecule has 1 saturated heterocycles. The Labute approximate surface area is 68.5 Å². The molecule has 1 aliphatic rings. The van der Waals surface area contributed by atoms with Crippen LogP contribution in [0, 0.1) is 0 Å². The Morgan fingerprint density at radius 1 is 1.55 bits per heavy atom. The normalized spacial score (nSPS) is 22.6. The maximum Gasteiger partial charge on any atom is 0.0950 e. The van der Waals surface area contributed by atoms with Crippen LogP contribution in [0.25, 0.3) is 0 Å². The van der Waals surface area contributed by atoms with Crippen molar-refractivity contribution in [3.05, 3.63) is 0 Å². The second kappa shape index (κ2) is 4.70. The van der Waals surface area contributed by atoms with Gasteiger partial charge in [0.2, 0.25) is 0 Å². The monoisotopic (exact) mass is 158 g/mol. The molecule has 11 heavy (non-hydrogen) atoms. The predicted molar refractivity (Wildman–Crippen MR) is 45.0 cm³/mol. The third-order valence-electron chi connectivity index (χ3n) is 1.89. The molecule has 0 bridgehead atoms. The molecule has 3 heteroatoms. The maximum absolute atomic E-state index is 5.71. The van der Waals surface area contributed by atoms with Crippen molar-refractivity contribution in [1.82, 2.24) is 5.01 Å². The fourth-order valence-corrected chi connectivity index (χ4v) is 1.09. The Morgan fingerprint density at radius 2 is 2.27 bits per heavy atom. The Morgan fingerprint density at radius 3 is 2.82 bits per heavy atom. The van der Waals surface area contributed by atoms with Crippen molar-refractivity contribution < 1.29 is 4.74 Å². The molecule has 0 aromatic carbocycles. The summed E-state index contributed by atoms with van der Waals surface area (Å²) in [5.41, 5.74) is 0. The van der Waals surface area contributed by atoms with Crippen LogP contribution in [0.2, 0.25) is 0 Å². The molecule has 0 aromatic rings. The van der Waals surface area contributed by atoms with E-state index in [1.54, 1.807) is 0 Å². The molecule has 0 spiro atoms. The largest absolute Gasteiger partial charge is 0.372 e. The van der Waals surface area contributed by atoms with Crippen LogP contribution in [0.5, 0.6) is 0 Å². The van der Waals surface area contributed by atoms with Gasteiger partial charge in [-0.2, -0.15) is 0 Å². The number of rotatable bonds is 6. The van der Waals surface area contributed by atoms with E-state index in [2.05, 4.69) is 6.92 Å². The molecule has 0 saturated carbocycles. The zero-order valence-electron chi connectivity index (χ0n) is 7.25. The van der Waals surface area contributed by atoms with Crippen LogP contribution < -0.4 is 5.84 Å². The van der Waals surface area contributed by atoms with E-state index in [1.807, 2.05) is 5.01 Å². The molecule has 1 aliphatic heterocycles.